The predicted molar refractivity (Wildman–Crippen MR) is 96.9 cm³/mol. The van der Waals surface area contributed by atoms with E-state index in [1.165, 1.54) is 0 Å². The Labute approximate surface area is 148 Å². The molecular weight excluding hydrogens is 316 g/mol. The van der Waals surface area contributed by atoms with Crippen LogP contribution in [0.25, 0.3) is 0 Å². The first-order valence-electron chi connectivity index (χ1n) is 8.16. The molecule has 25 heavy (non-hydrogen) atoms. The molecule has 5 nitrogen and oxygen atoms in total. The van der Waals surface area contributed by atoms with Crippen molar-refractivity contribution < 1.29 is 14.3 Å². The number of rotatable bonds is 8. The van der Waals surface area contributed by atoms with Crippen LogP contribution in [-0.2, 0) is 11.4 Å². The maximum atomic E-state index is 9.05. The lowest BCUT2D eigenvalue weighted by Gasteiger charge is -2.15. The highest BCUT2D eigenvalue weighted by atomic mass is 16.6. The number of nitrogens with zero attached hydrogens (tertiary/aromatic N) is 2. The first-order valence-corrected chi connectivity index (χ1v) is 8.16. The molecule has 2 aromatic carbocycles. The Bertz CT molecular complexity index is 766. The lowest BCUT2D eigenvalue weighted by Crippen LogP contribution is -2.10. The summed E-state index contributed by atoms with van der Waals surface area (Å²) in [5, 5.41) is 13.0. The summed E-state index contributed by atoms with van der Waals surface area (Å²) in [5.41, 5.74) is 2.23. The summed E-state index contributed by atoms with van der Waals surface area (Å²) in [7, 11) is 1.61. The average Bonchev–Trinajstić information content (AvgIpc) is 2.66. The fraction of sp³-hybridized carbons (Fsp3) is 0.300. The zero-order valence-electron chi connectivity index (χ0n) is 14.7. The molecule has 0 saturated heterocycles. The van der Waals surface area contributed by atoms with Crippen molar-refractivity contribution in [1.29, 1.82) is 5.26 Å². The van der Waals surface area contributed by atoms with Crippen LogP contribution in [0.5, 0.6) is 11.5 Å². The van der Waals surface area contributed by atoms with Crippen LogP contribution < -0.4 is 9.47 Å². The molecule has 0 aliphatic rings. The standard InChI is InChI=1S/C20H22N2O3/c1-4-15(2)25-19-10-9-16(11-20(19)23-3)13-22-24-14-18-8-6-5-7-17(18)12-21/h5-11,13,15H,4,14H2,1-3H3/b22-13-/t15-/m0/s1. The van der Waals surface area contributed by atoms with Gasteiger partial charge in [0.05, 0.1) is 31.1 Å². The predicted octanol–water partition coefficient (Wildman–Crippen LogP) is 4.29. The summed E-state index contributed by atoms with van der Waals surface area (Å²) >= 11 is 0. The van der Waals surface area contributed by atoms with Crippen molar-refractivity contribution in [3.63, 3.8) is 0 Å². The molecular formula is C20H22N2O3. The van der Waals surface area contributed by atoms with E-state index in [-0.39, 0.29) is 12.7 Å². The van der Waals surface area contributed by atoms with Crippen LogP contribution in [0.3, 0.4) is 0 Å². The second-order valence-corrected chi connectivity index (χ2v) is 5.52. The van der Waals surface area contributed by atoms with Gasteiger partial charge in [0.1, 0.15) is 6.61 Å². The molecule has 130 valence electrons. The smallest absolute Gasteiger partial charge is 0.161 e. The normalized spacial score (nSPS) is 11.8. The van der Waals surface area contributed by atoms with Crippen LogP contribution in [0, 0.1) is 11.3 Å². The largest absolute Gasteiger partial charge is 0.493 e. The Morgan fingerprint density at radius 3 is 2.72 bits per heavy atom. The van der Waals surface area contributed by atoms with Crippen molar-refractivity contribution in [3.8, 4) is 17.6 Å². The molecule has 0 aliphatic carbocycles. The third-order valence-corrected chi connectivity index (χ3v) is 3.72. The summed E-state index contributed by atoms with van der Waals surface area (Å²) in [5.74, 6) is 1.36. The fourth-order valence-corrected chi connectivity index (χ4v) is 2.12. The van der Waals surface area contributed by atoms with Crippen LogP contribution in [-0.4, -0.2) is 19.4 Å². The van der Waals surface area contributed by atoms with E-state index in [2.05, 4.69) is 18.1 Å². The minimum Gasteiger partial charge on any atom is -0.493 e. The first kappa shape index (κ1) is 18.3. The SMILES string of the molecule is CC[C@H](C)Oc1ccc(/C=N\OCc2ccccc2C#N)cc1OC. The molecule has 0 heterocycles. The topological polar surface area (TPSA) is 63.8 Å². The van der Waals surface area contributed by atoms with E-state index in [1.807, 2.05) is 43.3 Å². The van der Waals surface area contributed by atoms with Crippen molar-refractivity contribution in [1.82, 2.24) is 0 Å². The molecule has 2 aromatic rings. The molecule has 1 atom stereocenters. The van der Waals surface area contributed by atoms with Gasteiger partial charge >= 0.3 is 0 Å². The molecule has 5 heteroatoms. The number of hydrogen-bond donors (Lipinski definition) is 0. The molecule has 0 aliphatic heterocycles. The fourth-order valence-electron chi connectivity index (χ4n) is 2.12. The molecule has 0 bridgehead atoms. The van der Waals surface area contributed by atoms with Crippen molar-refractivity contribution in [3.05, 3.63) is 59.2 Å². The zero-order valence-corrected chi connectivity index (χ0v) is 14.7. The van der Waals surface area contributed by atoms with Gasteiger partial charge in [-0.15, -0.1) is 0 Å². The number of oxime groups is 1. The third-order valence-electron chi connectivity index (χ3n) is 3.72. The highest BCUT2D eigenvalue weighted by Crippen LogP contribution is 2.28. The summed E-state index contributed by atoms with van der Waals surface area (Å²) in [4.78, 5) is 5.30. The molecule has 2 rings (SSSR count). The Hall–Kier alpha value is -3.00. The summed E-state index contributed by atoms with van der Waals surface area (Å²) < 4.78 is 11.2. The van der Waals surface area contributed by atoms with Gasteiger partial charge in [0, 0.05) is 11.1 Å². The van der Waals surface area contributed by atoms with Gasteiger partial charge in [0.25, 0.3) is 0 Å². The molecule has 0 saturated carbocycles. The van der Waals surface area contributed by atoms with E-state index in [4.69, 9.17) is 19.6 Å². The Morgan fingerprint density at radius 1 is 1.20 bits per heavy atom. The lowest BCUT2D eigenvalue weighted by atomic mass is 10.1. The van der Waals surface area contributed by atoms with Gasteiger partial charge < -0.3 is 14.3 Å². The Kier molecular flexibility index (Phi) is 6.85. The first-order chi connectivity index (χ1) is 12.2. The van der Waals surface area contributed by atoms with E-state index in [0.29, 0.717) is 17.1 Å². The molecule has 0 spiro atoms. The number of ether oxygens (including phenoxy) is 2. The molecule has 0 radical (unpaired) electrons. The van der Waals surface area contributed by atoms with Gasteiger partial charge in [-0.25, -0.2) is 0 Å². The number of hydrogen-bond acceptors (Lipinski definition) is 5. The Morgan fingerprint density at radius 2 is 2.00 bits per heavy atom. The molecule has 0 amide bonds. The minimum atomic E-state index is 0.122. The maximum Gasteiger partial charge on any atom is 0.161 e. The van der Waals surface area contributed by atoms with Crippen molar-refractivity contribution in [2.24, 2.45) is 5.16 Å². The van der Waals surface area contributed by atoms with Crippen molar-refractivity contribution >= 4 is 6.21 Å². The summed E-state index contributed by atoms with van der Waals surface area (Å²) in [6.07, 6.45) is 2.64. The Balaban J connectivity index is 2.00. The van der Waals surface area contributed by atoms with Gasteiger partial charge in [0.2, 0.25) is 0 Å². The molecule has 0 aromatic heterocycles. The van der Waals surface area contributed by atoms with Crippen LogP contribution >= 0.6 is 0 Å². The lowest BCUT2D eigenvalue weighted by molar-refractivity contribution is 0.132. The van der Waals surface area contributed by atoms with Gasteiger partial charge in [0.15, 0.2) is 11.5 Å². The minimum absolute atomic E-state index is 0.122. The molecule has 0 unspecified atom stereocenters. The van der Waals surface area contributed by atoms with E-state index >= 15 is 0 Å². The van der Waals surface area contributed by atoms with Crippen molar-refractivity contribution in [2.45, 2.75) is 33.0 Å². The van der Waals surface area contributed by atoms with Crippen LogP contribution in [0.15, 0.2) is 47.6 Å². The summed E-state index contributed by atoms with van der Waals surface area (Å²) in [6.45, 7) is 4.33. The summed E-state index contributed by atoms with van der Waals surface area (Å²) in [6, 6.07) is 15.0. The maximum absolute atomic E-state index is 9.05. The average molecular weight is 338 g/mol. The van der Waals surface area contributed by atoms with Gasteiger partial charge in [-0.2, -0.15) is 5.26 Å². The monoisotopic (exact) mass is 338 g/mol. The van der Waals surface area contributed by atoms with Crippen LogP contribution in [0.4, 0.5) is 0 Å². The van der Waals surface area contributed by atoms with Crippen LogP contribution in [0.1, 0.15) is 37.0 Å². The van der Waals surface area contributed by atoms with Crippen molar-refractivity contribution in [2.75, 3.05) is 7.11 Å². The molecule has 0 N–H and O–H groups in total. The van der Waals surface area contributed by atoms with Gasteiger partial charge in [-0.1, -0.05) is 30.3 Å². The number of benzene rings is 2. The van der Waals surface area contributed by atoms with E-state index < -0.39 is 0 Å². The van der Waals surface area contributed by atoms with Gasteiger partial charge in [-0.05, 0) is 37.6 Å². The number of nitriles is 1. The third kappa shape index (κ3) is 5.25. The van der Waals surface area contributed by atoms with E-state index in [9.17, 15) is 0 Å². The zero-order chi connectivity index (χ0) is 18.1. The van der Waals surface area contributed by atoms with Gasteiger partial charge in [-0.3, -0.25) is 0 Å². The number of methoxy groups -OCH3 is 1. The quantitative estimate of drug-likeness (QED) is 0.532. The van der Waals surface area contributed by atoms with E-state index in [0.717, 1.165) is 17.5 Å². The second-order valence-electron chi connectivity index (χ2n) is 5.52. The molecule has 0 fully saturated rings. The highest BCUT2D eigenvalue weighted by Gasteiger charge is 2.08. The van der Waals surface area contributed by atoms with Crippen LogP contribution in [0.2, 0.25) is 0 Å². The van der Waals surface area contributed by atoms with E-state index in [1.54, 1.807) is 19.4 Å². The second kappa shape index (κ2) is 9.33. The highest BCUT2D eigenvalue weighted by molar-refractivity contribution is 5.80.